The number of nitrogens with zero attached hydrogens (tertiary/aromatic N) is 1. The number of rotatable bonds is 3. The Kier molecular flexibility index (Phi) is 3.96. The molecule has 1 aromatic carbocycles. The lowest BCUT2D eigenvalue weighted by Crippen LogP contribution is -2.54. The van der Waals surface area contributed by atoms with Crippen LogP contribution in [0.2, 0.25) is 0 Å². The van der Waals surface area contributed by atoms with E-state index in [0.717, 1.165) is 12.1 Å². The van der Waals surface area contributed by atoms with E-state index in [1.54, 1.807) is 13.8 Å². The number of halogens is 2. The molecule has 1 fully saturated rings. The molecule has 0 spiro atoms. The largest absolute Gasteiger partial charge is 0.379 e. The summed E-state index contributed by atoms with van der Waals surface area (Å²) >= 11 is 0. The van der Waals surface area contributed by atoms with Gasteiger partial charge in [-0.1, -0.05) is 0 Å². The molecule has 2 rings (SSSR count). The molecule has 0 aromatic heterocycles. The average molecular weight is 269 g/mol. The molecule has 1 aliphatic heterocycles. The molecule has 1 aliphatic rings. The highest BCUT2D eigenvalue weighted by molar-refractivity contribution is 6.02. The van der Waals surface area contributed by atoms with Crippen LogP contribution in [-0.2, 0) is 4.74 Å². The number of hydrogen-bond donors (Lipinski definition) is 0. The average Bonchev–Trinajstić information content (AvgIpc) is 2.42. The van der Waals surface area contributed by atoms with Crippen molar-refractivity contribution in [3.8, 4) is 0 Å². The Bertz CT molecular complexity index is 482. The first-order chi connectivity index (χ1) is 8.93. The van der Waals surface area contributed by atoms with Crippen LogP contribution in [0, 0.1) is 11.6 Å². The van der Waals surface area contributed by atoms with Crippen molar-refractivity contribution in [2.24, 2.45) is 0 Å². The van der Waals surface area contributed by atoms with E-state index >= 15 is 0 Å². The molecule has 1 heterocycles. The minimum absolute atomic E-state index is 0.190. The van der Waals surface area contributed by atoms with Gasteiger partial charge in [0.2, 0.25) is 0 Å². The van der Waals surface area contributed by atoms with Crippen molar-refractivity contribution in [1.82, 2.24) is 4.90 Å². The van der Waals surface area contributed by atoms with Crippen LogP contribution >= 0.6 is 0 Å². The van der Waals surface area contributed by atoms with Gasteiger partial charge in [0.25, 0.3) is 0 Å². The summed E-state index contributed by atoms with van der Waals surface area (Å²) in [4.78, 5) is 14.5. The zero-order valence-electron chi connectivity index (χ0n) is 11.1. The highest BCUT2D eigenvalue weighted by atomic mass is 19.2. The minimum atomic E-state index is -0.997. The quantitative estimate of drug-likeness (QED) is 0.788. The lowest BCUT2D eigenvalue weighted by Gasteiger charge is -2.39. The van der Waals surface area contributed by atoms with Gasteiger partial charge in [-0.15, -0.1) is 0 Å². The summed E-state index contributed by atoms with van der Waals surface area (Å²) in [5.41, 5.74) is -0.566. The number of ketones is 1. The van der Waals surface area contributed by atoms with Gasteiger partial charge in [-0.3, -0.25) is 9.69 Å². The van der Waals surface area contributed by atoms with Crippen LogP contribution in [-0.4, -0.2) is 42.5 Å². The summed E-state index contributed by atoms with van der Waals surface area (Å²) in [6.07, 6.45) is 0. The van der Waals surface area contributed by atoms with E-state index < -0.39 is 17.2 Å². The molecule has 0 atom stereocenters. The summed E-state index contributed by atoms with van der Waals surface area (Å²) in [6, 6.07) is 3.26. The van der Waals surface area contributed by atoms with Crippen molar-refractivity contribution in [2.45, 2.75) is 19.4 Å². The van der Waals surface area contributed by atoms with Gasteiger partial charge in [0.15, 0.2) is 17.4 Å². The van der Waals surface area contributed by atoms with Gasteiger partial charge in [-0.2, -0.15) is 0 Å². The third-order valence-corrected chi connectivity index (χ3v) is 3.54. The lowest BCUT2D eigenvalue weighted by molar-refractivity contribution is -0.00431. The van der Waals surface area contributed by atoms with Crippen LogP contribution in [0.25, 0.3) is 0 Å². The van der Waals surface area contributed by atoms with Gasteiger partial charge in [0, 0.05) is 18.7 Å². The van der Waals surface area contributed by atoms with Crippen molar-refractivity contribution in [3.05, 3.63) is 35.4 Å². The van der Waals surface area contributed by atoms with Crippen molar-refractivity contribution < 1.29 is 18.3 Å². The van der Waals surface area contributed by atoms with E-state index in [-0.39, 0.29) is 11.3 Å². The van der Waals surface area contributed by atoms with Crippen molar-refractivity contribution >= 4 is 5.78 Å². The number of morpholine rings is 1. The van der Waals surface area contributed by atoms with Gasteiger partial charge < -0.3 is 4.74 Å². The molecular weight excluding hydrogens is 252 g/mol. The van der Waals surface area contributed by atoms with Gasteiger partial charge >= 0.3 is 0 Å². The second-order valence-electron chi connectivity index (χ2n) is 5.12. The number of hydrogen-bond acceptors (Lipinski definition) is 3. The first-order valence-electron chi connectivity index (χ1n) is 6.25. The fourth-order valence-electron chi connectivity index (χ4n) is 2.26. The molecule has 104 valence electrons. The van der Waals surface area contributed by atoms with E-state index in [1.165, 1.54) is 6.07 Å². The number of carbonyl (C=O) groups excluding carboxylic acids is 1. The Morgan fingerprint density at radius 3 is 2.42 bits per heavy atom. The molecule has 0 amide bonds. The fraction of sp³-hybridized carbons (Fsp3) is 0.500. The number of carbonyl (C=O) groups is 1. The topological polar surface area (TPSA) is 29.5 Å². The zero-order valence-corrected chi connectivity index (χ0v) is 11.1. The molecule has 1 saturated heterocycles. The van der Waals surface area contributed by atoms with Crippen LogP contribution in [0.1, 0.15) is 24.2 Å². The Morgan fingerprint density at radius 2 is 1.84 bits per heavy atom. The number of benzene rings is 1. The Labute approximate surface area is 111 Å². The highest BCUT2D eigenvalue weighted by Crippen LogP contribution is 2.22. The summed E-state index contributed by atoms with van der Waals surface area (Å²) in [7, 11) is 0. The smallest absolute Gasteiger partial charge is 0.182 e. The molecule has 0 saturated carbocycles. The monoisotopic (exact) mass is 269 g/mol. The van der Waals surface area contributed by atoms with E-state index in [9.17, 15) is 13.6 Å². The Balaban J connectivity index is 2.23. The lowest BCUT2D eigenvalue weighted by atomic mass is 9.91. The molecule has 0 N–H and O–H groups in total. The summed E-state index contributed by atoms with van der Waals surface area (Å²) in [6.45, 7) is 6.05. The van der Waals surface area contributed by atoms with Crippen molar-refractivity contribution in [1.29, 1.82) is 0 Å². The normalized spacial score (nSPS) is 17.5. The molecule has 3 nitrogen and oxygen atoms in total. The maximum atomic E-state index is 13.2. The first kappa shape index (κ1) is 14.1. The molecule has 0 radical (unpaired) electrons. The zero-order chi connectivity index (χ0) is 14.0. The van der Waals surface area contributed by atoms with Crippen LogP contribution in [0.5, 0.6) is 0 Å². The highest BCUT2D eigenvalue weighted by Gasteiger charge is 2.36. The molecule has 5 heteroatoms. The van der Waals surface area contributed by atoms with Crippen molar-refractivity contribution in [2.75, 3.05) is 26.3 Å². The fourth-order valence-corrected chi connectivity index (χ4v) is 2.26. The third kappa shape index (κ3) is 2.82. The third-order valence-electron chi connectivity index (χ3n) is 3.54. The van der Waals surface area contributed by atoms with Gasteiger partial charge in [-0.25, -0.2) is 8.78 Å². The molecule has 19 heavy (non-hydrogen) atoms. The van der Waals surface area contributed by atoms with Crippen LogP contribution < -0.4 is 0 Å². The van der Waals surface area contributed by atoms with Crippen molar-refractivity contribution in [3.63, 3.8) is 0 Å². The van der Waals surface area contributed by atoms with Crippen LogP contribution in [0.15, 0.2) is 18.2 Å². The van der Waals surface area contributed by atoms with Gasteiger partial charge in [0.1, 0.15) is 0 Å². The summed E-state index contributed by atoms with van der Waals surface area (Å²) in [5, 5.41) is 0. The number of Topliss-reactive ketones (excluding diaryl/α,β-unsaturated/α-hetero) is 1. The Hall–Kier alpha value is -1.33. The number of ether oxygens (including phenoxy) is 1. The second-order valence-corrected chi connectivity index (χ2v) is 5.12. The van der Waals surface area contributed by atoms with Gasteiger partial charge in [0.05, 0.1) is 18.8 Å². The van der Waals surface area contributed by atoms with E-state index in [4.69, 9.17) is 4.74 Å². The van der Waals surface area contributed by atoms with Gasteiger partial charge in [-0.05, 0) is 32.0 Å². The summed E-state index contributed by atoms with van der Waals surface area (Å²) < 4.78 is 31.4. The minimum Gasteiger partial charge on any atom is -0.379 e. The SMILES string of the molecule is CC(C)(C(=O)c1ccc(F)c(F)c1)N1CCOCC1. The molecule has 1 aromatic rings. The predicted octanol–water partition coefficient (Wildman–Crippen LogP) is 2.26. The molecule has 0 bridgehead atoms. The van der Waals surface area contributed by atoms with Crippen LogP contribution in [0.3, 0.4) is 0 Å². The molecule has 0 unspecified atom stereocenters. The molecule has 0 aliphatic carbocycles. The second kappa shape index (κ2) is 5.35. The maximum absolute atomic E-state index is 13.2. The Morgan fingerprint density at radius 1 is 1.21 bits per heavy atom. The predicted molar refractivity (Wildman–Crippen MR) is 67.2 cm³/mol. The van der Waals surface area contributed by atoms with E-state index in [2.05, 4.69) is 0 Å². The first-order valence-corrected chi connectivity index (χ1v) is 6.25. The standard InChI is InChI=1S/C14H17F2NO2/c1-14(2,17-5-7-19-8-6-17)13(18)10-3-4-11(15)12(16)9-10/h3-4,9H,5-8H2,1-2H3. The van der Waals surface area contributed by atoms with E-state index in [0.29, 0.717) is 26.3 Å². The van der Waals surface area contributed by atoms with Crippen LogP contribution in [0.4, 0.5) is 8.78 Å². The van der Waals surface area contributed by atoms with E-state index in [1.807, 2.05) is 4.90 Å². The summed E-state index contributed by atoms with van der Waals surface area (Å²) in [5.74, 6) is -2.15. The maximum Gasteiger partial charge on any atom is 0.182 e. The molecular formula is C14H17F2NO2.